The van der Waals surface area contributed by atoms with Gasteiger partial charge in [-0.2, -0.15) is 0 Å². The molecule has 0 saturated carbocycles. The molecule has 0 aliphatic carbocycles. The third-order valence-corrected chi connectivity index (χ3v) is 12.6. The topological polar surface area (TPSA) is 0 Å². The van der Waals surface area contributed by atoms with Crippen LogP contribution in [0.3, 0.4) is 0 Å². The first kappa shape index (κ1) is 22.2. The molecule has 0 N–H and O–H groups in total. The maximum atomic E-state index is 5.31. The van der Waals surface area contributed by atoms with E-state index in [-0.39, 0.29) is 0 Å². The normalized spacial score (nSPS) is 12.6. The Labute approximate surface area is 232 Å². The van der Waals surface area contributed by atoms with E-state index in [0.29, 0.717) is 0 Å². The first-order valence-electron chi connectivity index (χ1n) is 13.8. The molecule has 9 aromatic carbocycles. The second kappa shape index (κ2) is 7.95. The fourth-order valence-electron chi connectivity index (χ4n) is 7.21. The Morgan fingerprint density at radius 2 is 0.750 bits per heavy atom. The zero-order valence-electron chi connectivity index (χ0n) is 21.9. The first-order valence-corrected chi connectivity index (χ1v) is 15.8. The molecule has 0 unspecified atom stereocenters. The summed E-state index contributed by atoms with van der Waals surface area (Å²) < 4.78 is 0. The molecule has 0 aromatic heterocycles. The van der Waals surface area contributed by atoms with E-state index < -0.39 is 6.89 Å². The zero-order valence-corrected chi connectivity index (χ0v) is 22.8. The quantitative estimate of drug-likeness (QED) is 0.160. The third-order valence-electron chi connectivity index (χ3n) is 8.99. The van der Waals surface area contributed by atoms with Crippen LogP contribution in [0, 0.1) is 0 Å². The van der Waals surface area contributed by atoms with E-state index in [1.54, 1.807) is 0 Å². The van der Waals surface area contributed by atoms with Crippen molar-refractivity contribution in [3.63, 3.8) is 0 Å². The van der Waals surface area contributed by atoms with E-state index in [9.17, 15) is 0 Å². The summed E-state index contributed by atoms with van der Waals surface area (Å²) in [4.78, 5) is 0. The molecule has 186 valence electrons. The van der Waals surface area contributed by atoms with Gasteiger partial charge in [-0.15, -0.1) is 0 Å². The lowest BCUT2D eigenvalue weighted by Gasteiger charge is -2.31. The van der Waals surface area contributed by atoms with Crippen LogP contribution in [0.5, 0.6) is 0 Å². The fourth-order valence-corrected chi connectivity index (χ4v) is 10.6. The predicted octanol–water partition coefficient (Wildman–Crippen LogP) is 9.21. The van der Waals surface area contributed by atoms with Gasteiger partial charge in [-0.25, -0.2) is 0 Å². The molecule has 9 rings (SSSR count). The van der Waals surface area contributed by atoms with Crippen molar-refractivity contribution < 1.29 is 0 Å². The van der Waals surface area contributed by atoms with Crippen LogP contribution >= 0.6 is 6.89 Å². The maximum absolute atomic E-state index is 5.31. The Morgan fingerprint density at radius 1 is 0.350 bits per heavy atom. The Kier molecular flexibility index (Phi) is 4.41. The van der Waals surface area contributed by atoms with Crippen molar-refractivity contribution in [1.82, 2.24) is 0 Å². The molecule has 1 heteroatoms. The van der Waals surface area contributed by atoms with Gasteiger partial charge in [-0.05, 0) is 99.6 Å². The van der Waals surface area contributed by atoms with Gasteiger partial charge in [0, 0.05) is 0 Å². The van der Waals surface area contributed by atoms with E-state index in [2.05, 4.69) is 140 Å². The van der Waals surface area contributed by atoms with Crippen LogP contribution in [0.25, 0.3) is 64.6 Å². The van der Waals surface area contributed by atoms with Crippen molar-refractivity contribution in [2.24, 2.45) is 0 Å². The number of rotatable bonds is 3. The van der Waals surface area contributed by atoms with E-state index in [1.807, 2.05) is 0 Å². The van der Waals surface area contributed by atoms with Gasteiger partial charge in [-0.3, -0.25) is 0 Å². The number of hydrogen-bond donors (Lipinski definition) is 0. The minimum Gasteiger partial charge on any atom is -0.0886 e. The highest BCUT2D eigenvalue weighted by Crippen LogP contribution is 2.49. The summed E-state index contributed by atoms with van der Waals surface area (Å²) in [6, 6.07) is 52.0. The molecule has 0 atom stereocenters. The fraction of sp³-hybridized carbons (Fsp3) is 0. The Hall–Kier alpha value is -4.64. The Morgan fingerprint density at radius 3 is 1.23 bits per heavy atom. The van der Waals surface area contributed by atoms with Crippen LogP contribution < -0.4 is 15.9 Å². The molecule has 0 aliphatic heterocycles. The standard InChI is InChI=1S/C39H25P/c1-40(31-15-3-2-4-16-31,34-23-29-13-5-9-25-19-21-27-11-7-17-32(34)38(27)36(25)29)35-24-30-14-6-10-26-20-22-28-12-8-18-33(35)39(28)37(26)30/h2-24H,1H2. The molecule has 0 heterocycles. The summed E-state index contributed by atoms with van der Waals surface area (Å²) in [6.07, 6.45) is 5.31. The molecule has 0 nitrogen and oxygen atoms in total. The van der Waals surface area contributed by atoms with E-state index in [0.717, 1.165) is 0 Å². The molecular weight excluding hydrogens is 499 g/mol. The summed E-state index contributed by atoms with van der Waals surface area (Å²) in [5.41, 5.74) is 0. The number of hydrogen-bond acceptors (Lipinski definition) is 0. The van der Waals surface area contributed by atoms with Gasteiger partial charge in [0.1, 0.15) is 0 Å². The van der Waals surface area contributed by atoms with Gasteiger partial charge in [0.25, 0.3) is 0 Å². The lowest BCUT2D eigenvalue weighted by molar-refractivity contribution is 1.76. The molecule has 0 aliphatic rings. The Balaban J connectivity index is 1.53. The molecule has 0 spiro atoms. The van der Waals surface area contributed by atoms with Gasteiger partial charge in [0.2, 0.25) is 0 Å². The minimum atomic E-state index is -2.35. The van der Waals surface area contributed by atoms with Crippen LogP contribution in [-0.2, 0) is 0 Å². The monoisotopic (exact) mass is 524 g/mol. The van der Waals surface area contributed by atoms with Gasteiger partial charge >= 0.3 is 0 Å². The van der Waals surface area contributed by atoms with E-state index in [1.165, 1.54) is 80.5 Å². The average molecular weight is 525 g/mol. The largest absolute Gasteiger partial charge is 0.0886 e. The summed E-state index contributed by atoms with van der Waals surface area (Å²) >= 11 is 0. The van der Waals surface area contributed by atoms with Gasteiger partial charge in [0.15, 0.2) is 0 Å². The molecule has 0 fully saturated rings. The second-order valence-electron chi connectivity index (χ2n) is 11.0. The van der Waals surface area contributed by atoms with Crippen LogP contribution in [0.4, 0.5) is 0 Å². The molecule has 0 saturated heterocycles. The van der Waals surface area contributed by atoms with Crippen molar-refractivity contribution in [2.75, 3.05) is 0 Å². The number of benzene rings is 9. The summed E-state index contributed by atoms with van der Waals surface area (Å²) in [7, 11) is 0. The second-order valence-corrected chi connectivity index (χ2v) is 14.1. The van der Waals surface area contributed by atoms with Crippen molar-refractivity contribution in [3.05, 3.63) is 140 Å². The summed E-state index contributed by atoms with van der Waals surface area (Å²) in [5.74, 6) is 0. The predicted molar refractivity (Wildman–Crippen MR) is 180 cm³/mol. The highest BCUT2D eigenvalue weighted by Gasteiger charge is 2.29. The molecular formula is C39H25P. The maximum Gasteiger partial charge on any atom is -0.00202 e. The lowest BCUT2D eigenvalue weighted by Crippen LogP contribution is -2.27. The third kappa shape index (κ3) is 2.82. The first-order chi connectivity index (χ1) is 19.7. The van der Waals surface area contributed by atoms with E-state index in [4.69, 9.17) is 6.30 Å². The Bertz CT molecular complexity index is 2300. The van der Waals surface area contributed by atoms with Crippen molar-refractivity contribution in [1.29, 1.82) is 0 Å². The van der Waals surface area contributed by atoms with Crippen LogP contribution in [0.15, 0.2) is 140 Å². The van der Waals surface area contributed by atoms with Gasteiger partial charge < -0.3 is 0 Å². The highest BCUT2D eigenvalue weighted by atomic mass is 31.2. The highest BCUT2D eigenvalue weighted by molar-refractivity contribution is 7.94. The van der Waals surface area contributed by atoms with Gasteiger partial charge in [-0.1, -0.05) is 134 Å². The SMILES string of the molecule is C=P(c1ccccc1)(c1cc2cccc3ccc4cccc1c4c32)c1cc2cccc3ccc4cccc1c4c32. The smallest absolute Gasteiger partial charge is 0.00202 e. The van der Waals surface area contributed by atoms with Crippen LogP contribution in [0.2, 0.25) is 0 Å². The minimum absolute atomic E-state index is 1.29. The zero-order chi connectivity index (χ0) is 26.4. The van der Waals surface area contributed by atoms with Crippen molar-refractivity contribution >= 4 is 93.7 Å². The van der Waals surface area contributed by atoms with Crippen LogP contribution in [-0.4, -0.2) is 6.30 Å². The van der Waals surface area contributed by atoms with Crippen molar-refractivity contribution in [2.45, 2.75) is 0 Å². The molecule has 0 radical (unpaired) electrons. The molecule has 0 bridgehead atoms. The molecule has 40 heavy (non-hydrogen) atoms. The molecule has 0 amide bonds. The average Bonchev–Trinajstić information content (AvgIpc) is 3.02. The van der Waals surface area contributed by atoms with Gasteiger partial charge in [0.05, 0.1) is 0 Å². The van der Waals surface area contributed by atoms with Crippen molar-refractivity contribution in [3.8, 4) is 0 Å². The van der Waals surface area contributed by atoms with Crippen LogP contribution in [0.1, 0.15) is 0 Å². The molecule has 9 aromatic rings. The summed E-state index contributed by atoms with van der Waals surface area (Å²) in [5, 5.41) is 19.8. The summed E-state index contributed by atoms with van der Waals surface area (Å²) in [6.45, 7) is -2.35. The lowest BCUT2D eigenvalue weighted by atomic mass is 9.94. The van der Waals surface area contributed by atoms with E-state index >= 15 is 0 Å².